The van der Waals surface area contributed by atoms with Crippen molar-refractivity contribution >= 4 is 11.0 Å². The molecule has 1 aromatic carbocycles. The molecule has 102 valence electrons. The maximum Gasteiger partial charge on any atom is 0.330 e. The predicted octanol–water partition coefficient (Wildman–Crippen LogP) is 1.49. The Balaban J connectivity index is 2.36. The van der Waals surface area contributed by atoms with E-state index in [1.807, 2.05) is 37.3 Å². The largest absolute Gasteiger partial charge is 0.330 e. The van der Waals surface area contributed by atoms with Gasteiger partial charge >= 0.3 is 5.69 Å². The summed E-state index contributed by atoms with van der Waals surface area (Å²) < 4.78 is 1.49. The molecular weight excluding hydrogens is 256 g/mol. The predicted molar refractivity (Wildman–Crippen MR) is 76.7 cm³/mol. The van der Waals surface area contributed by atoms with Crippen molar-refractivity contribution in [1.82, 2.24) is 19.7 Å². The number of fused-ring (bicyclic) bond motifs is 1. The minimum absolute atomic E-state index is 0.402. The molecule has 20 heavy (non-hydrogen) atoms. The highest BCUT2D eigenvalue weighted by Crippen LogP contribution is 2.22. The molecule has 3 rings (SSSR count). The fraction of sp³-hybridized carbons (Fsp3) is 0.214. The lowest BCUT2D eigenvalue weighted by Crippen LogP contribution is -2.30. The summed E-state index contributed by atoms with van der Waals surface area (Å²) in [7, 11) is 0. The monoisotopic (exact) mass is 270 g/mol. The van der Waals surface area contributed by atoms with Crippen LogP contribution in [0, 0.1) is 0 Å². The van der Waals surface area contributed by atoms with Crippen LogP contribution in [0.5, 0.6) is 0 Å². The minimum atomic E-state index is -0.421. The highest BCUT2D eigenvalue weighted by molar-refractivity contribution is 5.90. The van der Waals surface area contributed by atoms with Gasteiger partial charge in [-0.25, -0.2) is 4.79 Å². The summed E-state index contributed by atoms with van der Waals surface area (Å²) in [5.41, 5.74) is 1.06. The van der Waals surface area contributed by atoms with Gasteiger partial charge in [-0.1, -0.05) is 37.3 Å². The van der Waals surface area contributed by atoms with E-state index in [9.17, 15) is 9.59 Å². The molecule has 2 N–H and O–H groups in total. The van der Waals surface area contributed by atoms with Gasteiger partial charge in [0.05, 0.1) is 5.69 Å². The molecule has 0 saturated heterocycles. The van der Waals surface area contributed by atoms with Crippen LogP contribution in [-0.2, 0) is 6.54 Å². The summed E-state index contributed by atoms with van der Waals surface area (Å²) in [6.45, 7) is 2.49. The molecule has 0 aliphatic carbocycles. The van der Waals surface area contributed by atoms with E-state index in [-0.39, 0.29) is 0 Å². The lowest BCUT2D eigenvalue weighted by Gasteiger charge is -2.03. The number of aromatic amines is 2. The van der Waals surface area contributed by atoms with Crippen LogP contribution in [0.3, 0.4) is 0 Å². The number of rotatable bonds is 3. The molecule has 0 aliphatic heterocycles. The van der Waals surface area contributed by atoms with Crippen molar-refractivity contribution in [3.8, 4) is 11.3 Å². The lowest BCUT2D eigenvalue weighted by atomic mass is 10.1. The highest BCUT2D eigenvalue weighted by atomic mass is 16.2. The number of nitrogens with zero attached hydrogens (tertiary/aromatic N) is 2. The fourth-order valence-electron chi connectivity index (χ4n) is 2.31. The van der Waals surface area contributed by atoms with E-state index in [1.54, 1.807) is 0 Å². The summed E-state index contributed by atoms with van der Waals surface area (Å²) in [5, 5.41) is 7.44. The molecule has 2 heterocycles. The second-order valence-electron chi connectivity index (χ2n) is 4.57. The minimum Gasteiger partial charge on any atom is -0.276 e. The molecular formula is C14H14N4O2. The Kier molecular flexibility index (Phi) is 2.98. The maximum atomic E-state index is 12.1. The van der Waals surface area contributed by atoms with Crippen LogP contribution in [0.1, 0.15) is 13.3 Å². The van der Waals surface area contributed by atoms with E-state index in [0.717, 1.165) is 12.0 Å². The molecule has 0 radical (unpaired) electrons. The summed E-state index contributed by atoms with van der Waals surface area (Å²) in [6, 6.07) is 9.46. The Morgan fingerprint density at radius 3 is 2.65 bits per heavy atom. The Labute approximate surface area is 114 Å². The Hall–Kier alpha value is -2.63. The number of benzene rings is 1. The third-order valence-electron chi connectivity index (χ3n) is 3.21. The molecule has 0 amide bonds. The van der Waals surface area contributed by atoms with Gasteiger partial charge in [-0.05, 0) is 6.42 Å². The number of aromatic nitrogens is 4. The topological polar surface area (TPSA) is 83.5 Å². The van der Waals surface area contributed by atoms with Gasteiger partial charge in [0.15, 0.2) is 5.65 Å². The number of H-pyrrole nitrogens is 2. The smallest absolute Gasteiger partial charge is 0.276 e. The van der Waals surface area contributed by atoms with Crippen molar-refractivity contribution in [2.75, 3.05) is 0 Å². The number of hydrogen-bond acceptors (Lipinski definition) is 3. The van der Waals surface area contributed by atoms with Gasteiger partial charge in [0.1, 0.15) is 5.39 Å². The van der Waals surface area contributed by atoms with Gasteiger partial charge < -0.3 is 0 Å². The van der Waals surface area contributed by atoms with Gasteiger partial charge in [0, 0.05) is 12.1 Å². The van der Waals surface area contributed by atoms with Gasteiger partial charge in [-0.2, -0.15) is 5.10 Å². The summed E-state index contributed by atoms with van der Waals surface area (Å²) in [6.07, 6.45) is 0.786. The van der Waals surface area contributed by atoms with Crippen molar-refractivity contribution in [2.24, 2.45) is 0 Å². The van der Waals surface area contributed by atoms with Gasteiger partial charge in [-0.15, -0.1) is 0 Å². The molecule has 0 unspecified atom stereocenters. The number of hydrogen-bond donors (Lipinski definition) is 2. The molecule has 2 aromatic heterocycles. The van der Waals surface area contributed by atoms with Gasteiger partial charge in [0.2, 0.25) is 0 Å². The molecule has 3 aromatic rings. The zero-order valence-corrected chi connectivity index (χ0v) is 11.0. The average Bonchev–Trinajstić information content (AvgIpc) is 2.89. The van der Waals surface area contributed by atoms with Crippen LogP contribution in [0.2, 0.25) is 0 Å². The lowest BCUT2D eigenvalue weighted by molar-refractivity contribution is 0.651. The van der Waals surface area contributed by atoms with Gasteiger partial charge in [0.25, 0.3) is 5.56 Å². The van der Waals surface area contributed by atoms with E-state index in [4.69, 9.17) is 0 Å². The fourth-order valence-corrected chi connectivity index (χ4v) is 2.31. The SMILES string of the molecule is CCCn1c(=O)[nH]c(=O)c2c(-c3ccccc3)[nH]nc21. The van der Waals surface area contributed by atoms with E-state index in [0.29, 0.717) is 23.3 Å². The molecule has 0 fully saturated rings. The van der Waals surface area contributed by atoms with E-state index < -0.39 is 11.2 Å². The van der Waals surface area contributed by atoms with Gasteiger partial charge in [-0.3, -0.25) is 19.4 Å². The molecule has 6 nitrogen and oxygen atoms in total. The Morgan fingerprint density at radius 2 is 1.95 bits per heavy atom. The van der Waals surface area contributed by atoms with Crippen molar-refractivity contribution in [2.45, 2.75) is 19.9 Å². The Bertz CT molecular complexity index is 858. The summed E-state index contributed by atoms with van der Waals surface area (Å²) >= 11 is 0. The second kappa shape index (κ2) is 4.80. The van der Waals surface area contributed by atoms with Crippen molar-refractivity contribution in [3.63, 3.8) is 0 Å². The second-order valence-corrected chi connectivity index (χ2v) is 4.57. The number of aryl methyl sites for hydroxylation is 1. The zero-order valence-electron chi connectivity index (χ0n) is 11.0. The van der Waals surface area contributed by atoms with Crippen LogP contribution in [0.15, 0.2) is 39.9 Å². The first kappa shape index (κ1) is 12.4. The molecule has 6 heteroatoms. The summed E-state index contributed by atoms with van der Waals surface area (Å²) in [4.78, 5) is 26.3. The molecule has 0 aliphatic rings. The van der Waals surface area contributed by atoms with E-state index in [2.05, 4.69) is 15.2 Å². The van der Waals surface area contributed by atoms with Crippen LogP contribution < -0.4 is 11.2 Å². The third kappa shape index (κ3) is 1.85. The Morgan fingerprint density at radius 1 is 1.20 bits per heavy atom. The number of nitrogens with one attached hydrogen (secondary N) is 2. The third-order valence-corrected chi connectivity index (χ3v) is 3.21. The average molecular weight is 270 g/mol. The molecule has 0 saturated carbocycles. The maximum absolute atomic E-state index is 12.1. The first-order valence-corrected chi connectivity index (χ1v) is 6.49. The first-order valence-electron chi connectivity index (χ1n) is 6.49. The van der Waals surface area contributed by atoms with Crippen molar-refractivity contribution in [1.29, 1.82) is 0 Å². The normalized spacial score (nSPS) is 11.1. The first-order chi connectivity index (χ1) is 9.72. The van der Waals surface area contributed by atoms with Crippen LogP contribution in [-0.4, -0.2) is 19.7 Å². The standard InChI is InChI=1S/C14H14N4O2/c1-2-8-18-12-10(13(19)15-14(18)20)11(16-17-12)9-6-4-3-5-7-9/h3-7H,2,8H2,1H3,(H,16,17)(H,15,19,20). The van der Waals surface area contributed by atoms with Crippen molar-refractivity contribution in [3.05, 3.63) is 51.2 Å². The quantitative estimate of drug-likeness (QED) is 0.756. The highest BCUT2D eigenvalue weighted by Gasteiger charge is 2.15. The van der Waals surface area contributed by atoms with Crippen LogP contribution >= 0.6 is 0 Å². The van der Waals surface area contributed by atoms with Crippen molar-refractivity contribution < 1.29 is 0 Å². The summed E-state index contributed by atoms with van der Waals surface area (Å²) in [5.74, 6) is 0. The van der Waals surface area contributed by atoms with Crippen LogP contribution in [0.25, 0.3) is 22.3 Å². The molecule has 0 bridgehead atoms. The molecule has 0 atom stereocenters. The zero-order chi connectivity index (χ0) is 14.1. The van der Waals surface area contributed by atoms with Crippen LogP contribution in [0.4, 0.5) is 0 Å². The van der Waals surface area contributed by atoms with E-state index >= 15 is 0 Å². The van der Waals surface area contributed by atoms with E-state index in [1.165, 1.54) is 4.57 Å². The molecule has 0 spiro atoms.